The molecule has 9 nitrogen and oxygen atoms in total. The first-order valence-electron chi connectivity index (χ1n) is 9.53. The van der Waals surface area contributed by atoms with Gasteiger partial charge >= 0.3 is 0 Å². The van der Waals surface area contributed by atoms with Crippen LogP contribution in [-0.2, 0) is 4.79 Å². The fourth-order valence-electron chi connectivity index (χ4n) is 2.80. The molecular formula is C21H19N5O4S. The van der Waals surface area contributed by atoms with Gasteiger partial charge in [-0.3, -0.25) is 9.59 Å². The van der Waals surface area contributed by atoms with Gasteiger partial charge in [0.05, 0.1) is 17.7 Å². The van der Waals surface area contributed by atoms with Gasteiger partial charge in [-0.05, 0) is 42.6 Å². The summed E-state index contributed by atoms with van der Waals surface area (Å²) >= 11 is 1.58. The summed E-state index contributed by atoms with van der Waals surface area (Å²) < 4.78 is 12.0. The third-order valence-electron chi connectivity index (χ3n) is 4.41. The largest absolute Gasteiger partial charge is 0.475 e. The minimum absolute atomic E-state index is 0.209. The molecule has 4 aromatic heterocycles. The number of hydrogen-bond donors (Lipinski definition) is 1. The average molecular weight is 437 g/mol. The van der Waals surface area contributed by atoms with Crippen LogP contribution in [0.3, 0.4) is 0 Å². The number of ether oxygens (including phenoxy) is 1. The van der Waals surface area contributed by atoms with Crippen LogP contribution >= 0.6 is 11.3 Å². The van der Waals surface area contributed by atoms with E-state index in [4.69, 9.17) is 9.15 Å². The Kier molecular flexibility index (Phi) is 6.18. The van der Waals surface area contributed by atoms with E-state index < -0.39 is 6.04 Å². The van der Waals surface area contributed by atoms with E-state index >= 15 is 0 Å². The van der Waals surface area contributed by atoms with Crippen molar-refractivity contribution >= 4 is 17.2 Å². The summed E-state index contributed by atoms with van der Waals surface area (Å²) in [6.45, 7) is 2.05. The molecule has 4 aromatic rings. The summed E-state index contributed by atoms with van der Waals surface area (Å²) in [6, 6.07) is 13.1. The minimum atomic E-state index is -0.799. The summed E-state index contributed by atoms with van der Waals surface area (Å²) in [7, 11) is 0. The van der Waals surface area contributed by atoms with Crippen molar-refractivity contribution in [2.75, 3.05) is 13.2 Å². The van der Waals surface area contributed by atoms with Crippen molar-refractivity contribution in [3.63, 3.8) is 0 Å². The van der Waals surface area contributed by atoms with Crippen LogP contribution in [0.5, 0.6) is 5.88 Å². The average Bonchev–Trinajstić information content (AvgIpc) is 3.51. The number of carbonyl (C=O) groups is 1. The molecule has 0 aliphatic rings. The Labute approximate surface area is 181 Å². The van der Waals surface area contributed by atoms with Crippen molar-refractivity contribution in [2.24, 2.45) is 0 Å². The molecule has 158 valence electrons. The third kappa shape index (κ3) is 4.86. The fraction of sp³-hybridized carbons (Fsp3) is 0.190. The van der Waals surface area contributed by atoms with Crippen LogP contribution in [-0.4, -0.2) is 39.0 Å². The van der Waals surface area contributed by atoms with E-state index in [2.05, 4.69) is 20.6 Å². The maximum atomic E-state index is 12.5. The first kappa shape index (κ1) is 20.5. The van der Waals surface area contributed by atoms with Gasteiger partial charge in [0, 0.05) is 12.1 Å². The van der Waals surface area contributed by atoms with Crippen LogP contribution in [0.15, 0.2) is 69.4 Å². The summed E-state index contributed by atoms with van der Waals surface area (Å²) in [5, 5.41) is 17.1. The van der Waals surface area contributed by atoms with E-state index in [9.17, 15) is 9.59 Å². The molecule has 0 saturated heterocycles. The molecular weight excluding hydrogens is 418 g/mol. The van der Waals surface area contributed by atoms with Gasteiger partial charge < -0.3 is 14.5 Å². The maximum Gasteiger partial charge on any atom is 0.267 e. The van der Waals surface area contributed by atoms with Crippen molar-refractivity contribution in [3.05, 3.63) is 70.5 Å². The van der Waals surface area contributed by atoms with Crippen LogP contribution in [0, 0.1) is 0 Å². The smallest absolute Gasteiger partial charge is 0.267 e. The van der Waals surface area contributed by atoms with Crippen LogP contribution in [0.2, 0.25) is 0 Å². The molecule has 0 saturated carbocycles. The van der Waals surface area contributed by atoms with E-state index in [0.717, 1.165) is 15.3 Å². The minimum Gasteiger partial charge on any atom is -0.475 e. The molecule has 0 bridgehead atoms. The zero-order chi connectivity index (χ0) is 21.6. The van der Waals surface area contributed by atoms with Gasteiger partial charge in [-0.1, -0.05) is 6.07 Å². The van der Waals surface area contributed by atoms with Crippen LogP contribution in [0.25, 0.3) is 22.0 Å². The summed E-state index contributed by atoms with van der Waals surface area (Å²) in [5.41, 5.74) is 0.867. The molecule has 1 amide bonds. The number of carbonyl (C=O) groups excluding carboxylic acids is 1. The Hall–Kier alpha value is -3.79. The molecule has 1 atom stereocenters. The lowest BCUT2D eigenvalue weighted by Crippen LogP contribution is -2.38. The van der Waals surface area contributed by atoms with E-state index in [1.807, 2.05) is 23.6 Å². The topological polar surface area (TPSA) is 112 Å². The lowest BCUT2D eigenvalue weighted by Gasteiger charge is -2.14. The number of amides is 1. The Balaban J connectivity index is 1.30. The van der Waals surface area contributed by atoms with E-state index in [1.54, 1.807) is 42.5 Å². The number of thiophene rings is 1. The number of furan rings is 1. The molecule has 0 aromatic carbocycles. The van der Waals surface area contributed by atoms with Crippen LogP contribution in [0.1, 0.15) is 13.0 Å². The van der Waals surface area contributed by atoms with Gasteiger partial charge in [0.25, 0.3) is 5.56 Å². The number of aromatic nitrogens is 4. The monoisotopic (exact) mass is 437 g/mol. The van der Waals surface area contributed by atoms with Gasteiger partial charge in [-0.15, -0.1) is 21.5 Å². The molecule has 0 radical (unpaired) electrons. The molecule has 0 aliphatic carbocycles. The van der Waals surface area contributed by atoms with Crippen molar-refractivity contribution < 1.29 is 13.9 Å². The fourth-order valence-corrected chi connectivity index (χ4v) is 3.49. The highest BCUT2D eigenvalue weighted by Crippen LogP contribution is 2.22. The van der Waals surface area contributed by atoms with Gasteiger partial charge in [0.1, 0.15) is 24.0 Å². The van der Waals surface area contributed by atoms with E-state index in [0.29, 0.717) is 17.3 Å². The highest BCUT2D eigenvalue weighted by Gasteiger charge is 2.18. The predicted molar refractivity (Wildman–Crippen MR) is 115 cm³/mol. The second-order valence-electron chi connectivity index (χ2n) is 6.53. The summed E-state index contributed by atoms with van der Waals surface area (Å²) in [4.78, 5) is 25.7. The zero-order valence-electron chi connectivity index (χ0n) is 16.6. The number of nitrogens with zero attached hydrogens (tertiary/aromatic N) is 4. The SMILES string of the molecule is CC(C(=O)NCCOc1ccc(-c2cccs2)nn1)n1nc(-c2ccco2)ccc1=O. The summed E-state index contributed by atoms with van der Waals surface area (Å²) in [5.74, 6) is 0.529. The van der Waals surface area contributed by atoms with Crippen LogP contribution in [0.4, 0.5) is 0 Å². The Bertz CT molecular complexity index is 1190. The highest BCUT2D eigenvalue weighted by atomic mass is 32.1. The molecule has 0 aliphatic heterocycles. The van der Waals surface area contributed by atoms with Gasteiger partial charge in [-0.2, -0.15) is 5.10 Å². The normalized spacial score (nSPS) is 11.8. The lowest BCUT2D eigenvalue weighted by molar-refractivity contribution is -0.124. The Morgan fingerprint density at radius 3 is 2.74 bits per heavy atom. The Morgan fingerprint density at radius 2 is 2.03 bits per heavy atom. The second kappa shape index (κ2) is 9.35. The Morgan fingerprint density at radius 1 is 1.16 bits per heavy atom. The van der Waals surface area contributed by atoms with Crippen LogP contribution < -0.4 is 15.6 Å². The van der Waals surface area contributed by atoms with Gasteiger partial charge in [0.15, 0.2) is 5.76 Å². The molecule has 31 heavy (non-hydrogen) atoms. The molecule has 0 fully saturated rings. The van der Waals surface area contributed by atoms with E-state index in [-0.39, 0.29) is 24.6 Å². The zero-order valence-corrected chi connectivity index (χ0v) is 17.4. The molecule has 0 spiro atoms. The number of nitrogens with one attached hydrogen (secondary N) is 1. The van der Waals surface area contributed by atoms with Gasteiger partial charge in [-0.25, -0.2) is 4.68 Å². The molecule has 10 heteroatoms. The quantitative estimate of drug-likeness (QED) is 0.422. The predicted octanol–water partition coefficient (Wildman–Crippen LogP) is 2.78. The van der Waals surface area contributed by atoms with Crippen molar-refractivity contribution in [3.8, 4) is 27.9 Å². The van der Waals surface area contributed by atoms with Crippen molar-refractivity contribution in [1.82, 2.24) is 25.3 Å². The van der Waals surface area contributed by atoms with Crippen molar-refractivity contribution in [2.45, 2.75) is 13.0 Å². The lowest BCUT2D eigenvalue weighted by atomic mass is 10.3. The maximum absolute atomic E-state index is 12.5. The summed E-state index contributed by atoms with van der Waals surface area (Å²) in [6.07, 6.45) is 1.52. The number of hydrogen-bond acceptors (Lipinski definition) is 8. The number of rotatable bonds is 8. The first-order valence-corrected chi connectivity index (χ1v) is 10.4. The first-order chi connectivity index (χ1) is 15.1. The third-order valence-corrected chi connectivity index (χ3v) is 5.30. The molecule has 1 unspecified atom stereocenters. The van der Waals surface area contributed by atoms with Gasteiger partial charge in [0.2, 0.25) is 11.8 Å². The standard InChI is InChI=1S/C21H19N5O4S/c1-14(26-20(27)9-7-15(25-26)17-4-2-11-29-17)21(28)22-10-12-30-19-8-6-16(23-24-19)18-5-3-13-31-18/h2-9,11,13-14H,10,12H2,1H3,(H,22,28). The van der Waals surface area contributed by atoms with E-state index in [1.165, 1.54) is 12.3 Å². The van der Waals surface area contributed by atoms with Crippen molar-refractivity contribution in [1.29, 1.82) is 0 Å². The molecule has 4 rings (SSSR count). The second-order valence-corrected chi connectivity index (χ2v) is 7.48. The highest BCUT2D eigenvalue weighted by molar-refractivity contribution is 7.13. The molecule has 4 heterocycles. The molecule has 1 N–H and O–H groups in total.